The third-order valence-electron chi connectivity index (χ3n) is 4.13. The van der Waals surface area contributed by atoms with Crippen LogP contribution in [0.2, 0.25) is 0 Å². The summed E-state index contributed by atoms with van der Waals surface area (Å²) in [6.45, 7) is 7.39. The highest BCUT2D eigenvalue weighted by molar-refractivity contribution is 5.79. The number of aryl methyl sites for hydroxylation is 1. The summed E-state index contributed by atoms with van der Waals surface area (Å²) in [4.78, 5) is 4.27. The second kappa shape index (κ2) is 7.46. The summed E-state index contributed by atoms with van der Waals surface area (Å²) in [5.74, 6) is 0.856. The van der Waals surface area contributed by atoms with Crippen molar-refractivity contribution in [1.29, 1.82) is 0 Å². The first-order valence-corrected chi connectivity index (χ1v) is 7.80. The minimum absolute atomic E-state index is 0.295. The highest BCUT2D eigenvalue weighted by Gasteiger charge is 2.44. The molecule has 0 heterocycles. The summed E-state index contributed by atoms with van der Waals surface area (Å²) in [6, 6.07) is 8.70. The third-order valence-corrected chi connectivity index (χ3v) is 4.13. The fourth-order valence-corrected chi connectivity index (χ4v) is 2.72. The molecule has 0 atom stereocenters. The van der Waals surface area contributed by atoms with Gasteiger partial charge in [-0.25, -0.2) is 0 Å². The van der Waals surface area contributed by atoms with Crippen molar-refractivity contribution in [2.75, 3.05) is 33.4 Å². The van der Waals surface area contributed by atoms with Crippen LogP contribution < -0.4 is 10.6 Å². The van der Waals surface area contributed by atoms with Gasteiger partial charge in [0.15, 0.2) is 5.96 Å². The number of nitrogens with zero attached hydrogens (tertiary/aromatic N) is 1. The van der Waals surface area contributed by atoms with Crippen molar-refractivity contribution in [3.05, 3.63) is 35.4 Å². The lowest BCUT2D eigenvalue weighted by Gasteiger charge is -2.20. The van der Waals surface area contributed by atoms with E-state index >= 15 is 0 Å². The molecule has 0 aromatic heterocycles. The lowest BCUT2D eigenvalue weighted by Crippen LogP contribution is -2.42. The first-order chi connectivity index (χ1) is 10.2. The molecule has 21 heavy (non-hydrogen) atoms. The highest BCUT2D eigenvalue weighted by Crippen LogP contribution is 2.48. The van der Waals surface area contributed by atoms with Gasteiger partial charge in [-0.3, -0.25) is 4.99 Å². The molecule has 1 aromatic rings. The molecule has 0 amide bonds. The van der Waals surface area contributed by atoms with Crippen LogP contribution in [-0.4, -0.2) is 39.3 Å². The van der Waals surface area contributed by atoms with Crippen LogP contribution in [0.25, 0.3) is 0 Å². The van der Waals surface area contributed by atoms with Gasteiger partial charge in [0.05, 0.1) is 6.61 Å². The molecule has 4 heteroatoms. The fraction of sp³-hybridized carbons (Fsp3) is 0.588. The van der Waals surface area contributed by atoms with Gasteiger partial charge in [0, 0.05) is 32.2 Å². The number of guanidine groups is 1. The van der Waals surface area contributed by atoms with Crippen LogP contribution >= 0.6 is 0 Å². The SMILES string of the molecule is CCOCCNC(=NC)NCC1(c2ccccc2C)CC1. The van der Waals surface area contributed by atoms with E-state index in [-0.39, 0.29) is 0 Å². The lowest BCUT2D eigenvalue weighted by molar-refractivity contribution is 0.152. The Balaban J connectivity index is 1.85. The van der Waals surface area contributed by atoms with Gasteiger partial charge in [0.25, 0.3) is 0 Å². The molecule has 1 saturated carbocycles. The van der Waals surface area contributed by atoms with Crippen LogP contribution in [0.3, 0.4) is 0 Å². The minimum Gasteiger partial charge on any atom is -0.380 e. The molecule has 0 aliphatic heterocycles. The zero-order valence-corrected chi connectivity index (χ0v) is 13.4. The van der Waals surface area contributed by atoms with Crippen molar-refractivity contribution in [2.24, 2.45) is 4.99 Å². The maximum Gasteiger partial charge on any atom is 0.191 e. The van der Waals surface area contributed by atoms with Gasteiger partial charge in [-0.2, -0.15) is 0 Å². The van der Waals surface area contributed by atoms with E-state index in [9.17, 15) is 0 Å². The number of aliphatic imine (C=N–C) groups is 1. The molecule has 0 radical (unpaired) electrons. The highest BCUT2D eigenvalue weighted by atomic mass is 16.5. The second-order valence-corrected chi connectivity index (χ2v) is 5.64. The van der Waals surface area contributed by atoms with Gasteiger partial charge in [-0.15, -0.1) is 0 Å². The topological polar surface area (TPSA) is 45.6 Å². The summed E-state index contributed by atoms with van der Waals surface area (Å²) in [5.41, 5.74) is 3.15. The predicted molar refractivity (Wildman–Crippen MR) is 87.9 cm³/mol. The van der Waals surface area contributed by atoms with Crippen molar-refractivity contribution in [3.8, 4) is 0 Å². The van der Waals surface area contributed by atoms with E-state index in [1.165, 1.54) is 24.0 Å². The quantitative estimate of drug-likeness (QED) is 0.460. The molecule has 1 aliphatic carbocycles. The molecule has 4 nitrogen and oxygen atoms in total. The smallest absolute Gasteiger partial charge is 0.191 e. The molecular formula is C17H27N3O. The molecule has 0 saturated heterocycles. The number of hydrogen-bond acceptors (Lipinski definition) is 2. The largest absolute Gasteiger partial charge is 0.380 e. The van der Waals surface area contributed by atoms with Gasteiger partial charge in [0.1, 0.15) is 0 Å². The first kappa shape index (κ1) is 15.8. The summed E-state index contributed by atoms with van der Waals surface area (Å²) in [6.07, 6.45) is 2.50. The van der Waals surface area contributed by atoms with Gasteiger partial charge < -0.3 is 15.4 Å². The number of hydrogen-bond donors (Lipinski definition) is 2. The fourth-order valence-electron chi connectivity index (χ4n) is 2.72. The first-order valence-electron chi connectivity index (χ1n) is 7.80. The zero-order valence-electron chi connectivity index (χ0n) is 13.4. The van der Waals surface area contributed by atoms with Gasteiger partial charge in [-0.1, -0.05) is 24.3 Å². The Bertz CT molecular complexity index is 481. The Morgan fingerprint density at radius 3 is 2.67 bits per heavy atom. The van der Waals surface area contributed by atoms with Crippen molar-refractivity contribution >= 4 is 5.96 Å². The monoisotopic (exact) mass is 289 g/mol. The van der Waals surface area contributed by atoms with Gasteiger partial charge in [0.2, 0.25) is 0 Å². The third kappa shape index (κ3) is 4.21. The standard InChI is InChI=1S/C17H27N3O/c1-4-21-12-11-19-16(18-3)20-13-17(9-10-17)15-8-6-5-7-14(15)2/h5-8H,4,9-13H2,1-3H3,(H2,18,19,20). The molecule has 0 bridgehead atoms. The normalized spacial score (nSPS) is 16.6. The Morgan fingerprint density at radius 2 is 2.05 bits per heavy atom. The predicted octanol–water partition coefficient (Wildman–Crippen LogP) is 2.23. The van der Waals surface area contributed by atoms with Crippen LogP contribution in [0.15, 0.2) is 29.3 Å². The Labute approximate surface area is 128 Å². The summed E-state index contributed by atoms with van der Waals surface area (Å²) in [5, 5.41) is 6.74. The summed E-state index contributed by atoms with van der Waals surface area (Å²) < 4.78 is 5.33. The molecule has 116 valence electrons. The lowest BCUT2D eigenvalue weighted by atomic mass is 9.92. The van der Waals surface area contributed by atoms with Crippen LogP contribution in [0, 0.1) is 6.92 Å². The van der Waals surface area contributed by atoms with Crippen LogP contribution in [-0.2, 0) is 10.2 Å². The Kier molecular flexibility index (Phi) is 5.62. The average molecular weight is 289 g/mol. The van der Waals surface area contributed by atoms with Crippen molar-refractivity contribution in [3.63, 3.8) is 0 Å². The van der Waals surface area contributed by atoms with E-state index in [0.29, 0.717) is 12.0 Å². The van der Waals surface area contributed by atoms with Crippen LogP contribution in [0.4, 0.5) is 0 Å². The maximum absolute atomic E-state index is 5.33. The van der Waals surface area contributed by atoms with Crippen LogP contribution in [0.5, 0.6) is 0 Å². The van der Waals surface area contributed by atoms with E-state index in [1.807, 2.05) is 14.0 Å². The minimum atomic E-state index is 0.295. The summed E-state index contributed by atoms with van der Waals surface area (Å²) >= 11 is 0. The van der Waals surface area contributed by atoms with E-state index in [0.717, 1.165) is 25.7 Å². The van der Waals surface area contributed by atoms with Crippen molar-refractivity contribution in [2.45, 2.75) is 32.1 Å². The second-order valence-electron chi connectivity index (χ2n) is 5.64. The van der Waals surface area contributed by atoms with Crippen molar-refractivity contribution < 1.29 is 4.74 Å². The zero-order chi connectivity index (χ0) is 15.1. The van der Waals surface area contributed by atoms with Gasteiger partial charge >= 0.3 is 0 Å². The molecule has 1 aromatic carbocycles. The molecule has 0 spiro atoms. The maximum atomic E-state index is 5.33. The van der Waals surface area contributed by atoms with E-state index < -0.39 is 0 Å². The Morgan fingerprint density at radius 1 is 1.29 bits per heavy atom. The molecule has 2 rings (SSSR count). The number of benzene rings is 1. The number of ether oxygens (including phenoxy) is 1. The number of rotatable bonds is 7. The number of nitrogens with one attached hydrogen (secondary N) is 2. The van der Waals surface area contributed by atoms with E-state index in [4.69, 9.17) is 4.74 Å². The Hall–Kier alpha value is -1.55. The molecular weight excluding hydrogens is 262 g/mol. The molecule has 2 N–H and O–H groups in total. The van der Waals surface area contributed by atoms with E-state index in [2.05, 4.69) is 46.8 Å². The van der Waals surface area contributed by atoms with Crippen molar-refractivity contribution in [1.82, 2.24) is 10.6 Å². The van der Waals surface area contributed by atoms with E-state index in [1.54, 1.807) is 0 Å². The molecule has 1 fully saturated rings. The molecule has 1 aliphatic rings. The van der Waals surface area contributed by atoms with Gasteiger partial charge in [-0.05, 0) is 37.8 Å². The molecule has 0 unspecified atom stereocenters. The average Bonchev–Trinajstić information content (AvgIpc) is 3.28. The summed E-state index contributed by atoms with van der Waals surface area (Å²) in [7, 11) is 1.81. The van der Waals surface area contributed by atoms with Crippen LogP contribution in [0.1, 0.15) is 30.9 Å².